The Morgan fingerprint density at radius 1 is 1.12 bits per heavy atom. The Bertz CT molecular complexity index is 842. The van der Waals surface area contributed by atoms with Gasteiger partial charge in [-0.25, -0.2) is 4.90 Å². The van der Waals surface area contributed by atoms with Crippen molar-refractivity contribution in [2.75, 3.05) is 12.0 Å². The van der Waals surface area contributed by atoms with E-state index in [0.717, 1.165) is 4.90 Å². The van der Waals surface area contributed by atoms with Crippen LogP contribution in [0.5, 0.6) is 17.2 Å². The number of rotatable bonds is 3. The molecule has 0 aliphatic carbocycles. The second-order valence-corrected chi connectivity index (χ2v) is 5.31. The van der Waals surface area contributed by atoms with Crippen molar-refractivity contribution in [3.8, 4) is 17.2 Å². The van der Waals surface area contributed by atoms with Crippen molar-refractivity contribution in [2.45, 2.75) is 6.42 Å². The first-order valence-corrected chi connectivity index (χ1v) is 7.24. The van der Waals surface area contributed by atoms with Gasteiger partial charge in [0.25, 0.3) is 5.91 Å². The summed E-state index contributed by atoms with van der Waals surface area (Å²) in [5.41, 5.74) is 1.27. The van der Waals surface area contributed by atoms with Crippen LogP contribution in [0.3, 0.4) is 0 Å². The molecule has 1 aliphatic rings. The van der Waals surface area contributed by atoms with Crippen LogP contribution in [0.1, 0.15) is 12.0 Å². The highest BCUT2D eigenvalue weighted by molar-refractivity contribution is 6.29. The zero-order valence-corrected chi connectivity index (χ0v) is 12.9. The molecule has 1 aliphatic heterocycles. The molecule has 2 amide bonds. The molecular weight excluding hydrogens is 310 g/mol. The van der Waals surface area contributed by atoms with Gasteiger partial charge in [0.05, 0.1) is 19.2 Å². The number of imide groups is 1. The number of carbonyl (C=O) groups excluding carboxylic acids is 2. The molecule has 1 heterocycles. The molecule has 6 heteroatoms. The molecule has 1 fully saturated rings. The van der Waals surface area contributed by atoms with E-state index in [-0.39, 0.29) is 29.6 Å². The summed E-state index contributed by atoms with van der Waals surface area (Å²) in [6.45, 7) is 0. The van der Waals surface area contributed by atoms with E-state index in [1.807, 2.05) is 0 Å². The second-order valence-electron chi connectivity index (χ2n) is 5.31. The van der Waals surface area contributed by atoms with E-state index in [2.05, 4.69) is 0 Å². The predicted molar refractivity (Wildman–Crippen MR) is 87.9 cm³/mol. The lowest BCUT2D eigenvalue weighted by Gasteiger charge is -2.12. The van der Waals surface area contributed by atoms with Gasteiger partial charge in [-0.15, -0.1) is 0 Å². The number of ether oxygens (including phenoxy) is 1. The van der Waals surface area contributed by atoms with Gasteiger partial charge in [-0.1, -0.05) is 18.2 Å². The fourth-order valence-corrected chi connectivity index (χ4v) is 2.58. The maximum Gasteiger partial charge on any atom is 0.261 e. The Hall–Kier alpha value is -3.28. The molecule has 122 valence electrons. The third kappa shape index (κ3) is 2.69. The number of methoxy groups -OCH3 is 1. The van der Waals surface area contributed by atoms with Crippen LogP contribution < -0.4 is 9.64 Å². The molecule has 0 aromatic heterocycles. The van der Waals surface area contributed by atoms with Crippen LogP contribution in [-0.2, 0) is 9.59 Å². The number of anilines is 1. The molecule has 0 spiro atoms. The molecule has 2 aromatic rings. The first kappa shape index (κ1) is 15.6. The van der Waals surface area contributed by atoms with Gasteiger partial charge < -0.3 is 14.9 Å². The number of nitrogens with zero attached hydrogens (tertiary/aromatic N) is 1. The Balaban J connectivity index is 1.97. The summed E-state index contributed by atoms with van der Waals surface area (Å²) in [5, 5.41) is 19.4. The lowest BCUT2D eigenvalue weighted by Crippen LogP contribution is -2.28. The Kier molecular flexibility index (Phi) is 3.95. The number of hydrogen-bond acceptors (Lipinski definition) is 5. The Morgan fingerprint density at radius 2 is 1.83 bits per heavy atom. The van der Waals surface area contributed by atoms with Crippen LogP contribution >= 0.6 is 0 Å². The van der Waals surface area contributed by atoms with Crippen LogP contribution in [0.15, 0.2) is 48.0 Å². The minimum atomic E-state index is -0.405. The molecule has 0 bridgehead atoms. The first-order valence-electron chi connectivity index (χ1n) is 7.24. The summed E-state index contributed by atoms with van der Waals surface area (Å²) < 4.78 is 4.97. The highest BCUT2D eigenvalue weighted by atomic mass is 16.5. The fraction of sp³-hybridized carbons (Fsp3) is 0.111. The van der Waals surface area contributed by atoms with E-state index in [1.54, 1.807) is 30.3 Å². The monoisotopic (exact) mass is 325 g/mol. The van der Waals surface area contributed by atoms with Gasteiger partial charge in [-0.05, 0) is 35.9 Å². The third-order valence-corrected chi connectivity index (χ3v) is 3.72. The number of amides is 2. The normalized spacial score (nSPS) is 16.0. The zero-order chi connectivity index (χ0) is 17.3. The summed E-state index contributed by atoms with van der Waals surface area (Å²) >= 11 is 0. The quantitative estimate of drug-likeness (QED) is 0.514. The van der Waals surface area contributed by atoms with Crippen LogP contribution in [0.2, 0.25) is 0 Å². The van der Waals surface area contributed by atoms with E-state index in [1.165, 1.54) is 25.3 Å². The number of benzene rings is 2. The minimum Gasteiger partial charge on any atom is -0.504 e. The summed E-state index contributed by atoms with van der Waals surface area (Å²) in [6.07, 6.45) is 1.47. The van der Waals surface area contributed by atoms with Crippen molar-refractivity contribution in [3.05, 3.63) is 53.6 Å². The van der Waals surface area contributed by atoms with Gasteiger partial charge >= 0.3 is 0 Å². The third-order valence-electron chi connectivity index (χ3n) is 3.72. The molecule has 24 heavy (non-hydrogen) atoms. The second kappa shape index (κ2) is 6.08. The molecule has 0 radical (unpaired) electrons. The number of para-hydroxylation sites is 1. The summed E-state index contributed by atoms with van der Waals surface area (Å²) in [5.74, 6) is -1.37. The molecule has 3 rings (SSSR count). The van der Waals surface area contributed by atoms with Crippen LogP contribution in [-0.4, -0.2) is 29.1 Å². The molecule has 0 atom stereocenters. The van der Waals surface area contributed by atoms with Gasteiger partial charge in [0.1, 0.15) is 0 Å². The average molecular weight is 325 g/mol. The molecule has 6 nitrogen and oxygen atoms in total. The van der Waals surface area contributed by atoms with Crippen LogP contribution in [0.25, 0.3) is 6.08 Å². The topological polar surface area (TPSA) is 87.1 Å². The summed E-state index contributed by atoms with van der Waals surface area (Å²) in [7, 11) is 1.35. The molecule has 0 unspecified atom stereocenters. The van der Waals surface area contributed by atoms with E-state index in [9.17, 15) is 19.8 Å². The van der Waals surface area contributed by atoms with Crippen molar-refractivity contribution in [3.63, 3.8) is 0 Å². The highest BCUT2D eigenvalue weighted by Crippen LogP contribution is 2.37. The number of carbonyl (C=O) groups is 2. The molecule has 0 saturated carbocycles. The van der Waals surface area contributed by atoms with Crippen molar-refractivity contribution >= 4 is 23.6 Å². The van der Waals surface area contributed by atoms with Gasteiger partial charge in [0, 0.05) is 5.57 Å². The summed E-state index contributed by atoms with van der Waals surface area (Å²) in [4.78, 5) is 25.8. The number of hydrogen-bond donors (Lipinski definition) is 2. The molecule has 2 N–H and O–H groups in total. The number of aromatic hydroxyl groups is 2. The summed E-state index contributed by atoms with van der Waals surface area (Å²) in [6, 6.07) is 11.5. The van der Waals surface area contributed by atoms with Gasteiger partial charge in [-0.2, -0.15) is 0 Å². The van der Waals surface area contributed by atoms with Gasteiger partial charge in [0.15, 0.2) is 11.5 Å². The zero-order valence-electron chi connectivity index (χ0n) is 12.9. The van der Waals surface area contributed by atoms with Crippen molar-refractivity contribution in [2.24, 2.45) is 0 Å². The van der Waals surface area contributed by atoms with E-state index in [4.69, 9.17) is 4.74 Å². The number of phenolic OH excluding ortho intramolecular Hbond substituents is 2. The maximum atomic E-state index is 12.5. The number of phenols is 2. The lowest BCUT2D eigenvalue weighted by atomic mass is 10.1. The largest absolute Gasteiger partial charge is 0.504 e. The van der Waals surface area contributed by atoms with Gasteiger partial charge in [-0.3, -0.25) is 9.59 Å². The predicted octanol–water partition coefficient (Wildman–Crippen LogP) is 2.45. The van der Waals surface area contributed by atoms with E-state index >= 15 is 0 Å². The smallest absolute Gasteiger partial charge is 0.261 e. The highest BCUT2D eigenvalue weighted by Gasteiger charge is 2.34. The fourth-order valence-electron chi connectivity index (χ4n) is 2.58. The maximum absolute atomic E-state index is 12.5. The standard InChI is InChI=1S/C18H15NO5/c1-24-15-9-11(8-14(20)17(15)22)7-12-10-16(21)19(18(12)23)13-5-3-2-4-6-13/h2-9,20,22H,10H2,1H3/b12-7+. The van der Waals surface area contributed by atoms with Crippen molar-refractivity contribution in [1.29, 1.82) is 0 Å². The van der Waals surface area contributed by atoms with Crippen molar-refractivity contribution < 1.29 is 24.5 Å². The van der Waals surface area contributed by atoms with Crippen LogP contribution in [0.4, 0.5) is 5.69 Å². The Morgan fingerprint density at radius 3 is 2.50 bits per heavy atom. The minimum absolute atomic E-state index is 0.0301. The molecule has 1 saturated heterocycles. The van der Waals surface area contributed by atoms with Crippen LogP contribution in [0, 0.1) is 0 Å². The SMILES string of the molecule is COc1cc(/C=C2\CC(=O)N(c3ccccc3)C2=O)cc(O)c1O. The van der Waals surface area contributed by atoms with Crippen molar-refractivity contribution in [1.82, 2.24) is 0 Å². The molecule has 2 aromatic carbocycles. The average Bonchev–Trinajstić information content (AvgIpc) is 2.85. The van der Waals surface area contributed by atoms with E-state index < -0.39 is 5.91 Å². The van der Waals surface area contributed by atoms with Gasteiger partial charge in [0.2, 0.25) is 11.7 Å². The van der Waals surface area contributed by atoms with E-state index in [0.29, 0.717) is 16.8 Å². The molecular formula is C18H15NO5. The Labute approximate surface area is 138 Å². The lowest BCUT2D eigenvalue weighted by molar-refractivity contribution is -0.120. The first-order chi connectivity index (χ1) is 11.5.